The van der Waals surface area contributed by atoms with E-state index in [2.05, 4.69) is 5.32 Å². The fraction of sp³-hybridized carbons (Fsp3) is 0.579. The van der Waals surface area contributed by atoms with Gasteiger partial charge in [-0.3, -0.25) is 13.9 Å². The quantitative estimate of drug-likeness (QED) is 0.767. The molecular formula is C19H27N3O3. The first-order valence-corrected chi connectivity index (χ1v) is 9.10. The molecule has 0 saturated heterocycles. The van der Waals surface area contributed by atoms with E-state index in [-0.39, 0.29) is 24.6 Å². The van der Waals surface area contributed by atoms with Gasteiger partial charge in [0.15, 0.2) is 0 Å². The van der Waals surface area contributed by atoms with Gasteiger partial charge in [0, 0.05) is 19.5 Å². The lowest BCUT2D eigenvalue weighted by molar-refractivity contribution is -0.124. The molecule has 3 rings (SSSR count). The first kappa shape index (κ1) is 17.7. The van der Waals surface area contributed by atoms with Gasteiger partial charge in [-0.05, 0) is 44.2 Å². The summed E-state index contributed by atoms with van der Waals surface area (Å²) in [6.45, 7) is 4.89. The van der Waals surface area contributed by atoms with Crippen molar-refractivity contribution < 1.29 is 9.90 Å². The second-order valence-corrected chi connectivity index (χ2v) is 7.22. The van der Waals surface area contributed by atoms with Gasteiger partial charge >= 0.3 is 5.69 Å². The van der Waals surface area contributed by atoms with Gasteiger partial charge in [0.25, 0.3) is 0 Å². The third-order valence-electron chi connectivity index (χ3n) is 5.17. The number of nitrogens with one attached hydrogen (secondary N) is 1. The molecule has 1 amide bonds. The summed E-state index contributed by atoms with van der Waals surface area (Å²) in [4.78, 5) is 25.1. The van der Waals surface area contributed by atoms with Crippen molar-refractivity contribution in [2.75, 3.05) is 6.61 Å². The van der Waals surface area contributed by atoms with Gasteiger partial charge in [0.2, 0.25) is 5.91 Å². The topological polar surface area (TPSA) is 76.3 Å². The summed E-state index contributed by atoms with van der Waals surface area (Å²) in [5.41, 5.74) is 1.16. The molecule has 6 heteroatoms. The minimum absolute atomic E-state index is 0.0564. The predicted octanol–water partition coefficient (Wildman–Crippen LogP) is 1.88. The van der Waals surface area contributed by atoms with Gasteiger partial charge in [0.1, 0.15) is 0 Å². The van der Waals surface area contributed by atoms with Crippen LogP contribution in [-0.4, -0.2) is 32.3 Å². The maximum atomic E-state index is 12.7. The Labute approximate surface area is 147 Å². The Morgan fingerprint density at radius 1 is 1.24 bits per heavy atom. The molecule has 0 radical (unpaired) electrons. The van der Waals surface area contributed by atoms with Crippen molar-refractivity contribution in [1.82, 2.24) is 14.5 Å². The lowest BCUT2D eigenvalue weighted by atomic mass is 9.97. The number of nitrogens with zero attached hydrogens (tertiary/aromatic N) is 2. The van der Waals surface area contributed by atoms with Gasteiger partial charge in [-0.1, -0.05) is 19.1 Å². The van der Waals surface area contributed by atoms with Crippen LogP contribution in [0.25, 0.3) is 11.0 Å². The highest BCUT2D eigenvalue weighted by molar-refractivity contribution is 5.78. The number of rotatable bonds is 8. The number of hydrogen-bond acceptors (Lipinski definition) is 3. The molecule has 1 aliphatic rings. The van der Waals surface area contributed by atoms with E-state index in [0.29, 0.717) is 19.0 Å². The SMILES string of the molecule is CCCn1c(=O)n(CCC(=O)NC(C)(CO)C2CC2)c2ccccc21. The number of imidazole rings is 1. The molecule has 1 unspecified atom stereocenters. The highest BCUT2D eigenvalue weighted by atomic mass is 16.3. The number of aryl methyl sites for hydroxylation is 2. The van der Waals surface area contributed by atoms with E-state index in [0.717, 1.165) is 30.3 Å². The maximum absolute atomic E-state index is 12.7. The number of carbonyl (C=O) groups is 1. The van der Waals surface area contributed by atoms with Crippen LogP contribution in [0.3, 0.4) is 0 Å². The molecule has 136 valence electrons. The molecular weight excluding hydrogens is 318 g/mol. The van der Waals surface area contributed by atoms with E-state index in [1.165, 1.54) is 0 Å². The number of aliphatic hydroxyl groups excluding tert-OH is 1. The number of aromatic nitrogens is 2. The second-order valence-electron chi connectivity index (χ2n) is 7.22. The monoisotopic (exact) mass is 345 g/mol. The number of amides is 1. The zero-order valence-corrected chi connectivity index (χ0v) is 15.0. The fourth-order valence-corrected chi connectivity index (χ4v) is 3.51. The number of carbonyl (C=O) groups excluding carboxylic acids is 1. The molecule has 1 aliphatic carbocycles. The zero-order valence-electron chi connectivity index (χ0n) is 15.0. The summed E-state index contributed by atoms with van der Waals surface area (Å²) in [6.07, 6.45) is 3.19. The molecule has 1 fully saturated rings. The van der Waals surface area contributed by atoms with E-state index >= 15 is 0 Å². The van der Waals surface area contributed by atoms with Crippen LogP contribution in [0.2, 0.25) is 0 Å². The van der Waals surface area contributed by atoms with Gasteiger partial charge in [0.05, 0.1) is 23.2 Å². The van der Waals surface area contributed by atoms with E-state index in [1.54, 1.807) is 9.13 Å². The Balaban J connectivity index is 1.76. The lowest BCUT2D eigenvalue weighted by Gasteiger charge is -2.28. The van der Waals surface area contributed by atoms with Crippen molar-refractivity contribution in [3.63, 3.8) is 0 Å². The van der Waals surface area contributed by atoms with Crippen LogP contribution in [0.1, 0.15) is 39.5 Å². The Hall–Kier alpha value is -2.08. The van der Waals surface area contributed by atoms with Gasteiger partial charge in [-0.15, -0.1) is 0 Å². The number of fused-ring (bicyclic) bond motifs is 1. The summed E-state index contributed by atoms with van der Waals surface area (Å²) >= 11 is 0. The Kier molecular flexibility index (Phi) is 4.99. The first-order chi connectivity index (χ1) is 12.0. The average Bonchev–Trinajstić information content (AvgIpc) is 3.42. The summed E-state index contributed by atoms with van der Waals surface area (Å²) in [7, 11) is 0. The van der Waals surface area contributed by atoms with Crippen molar-refractivity contribution in [2.45, 2.75) is 58.2 Å². The van der Waals surface area contributed by atoms with Crippen LogP contribution >= 0.6 is 0 Å². The highest BCUT2D eigenvalue weighted by Gasteiger charge is 2.42. The van der Waals surface area contributed by atoms with Crippen LogP contribution in [0.5, 0.6) is 0 Å². The predicted molar refractivity (Wildman–Crippen MR) is 97.5 cm³/mol. The molecule has 1 aromatic carbocycles. The van der Waals surface area contributed by atoms with Gasteiger partial charge in [-0.2, -0.15) is 0 Å². The van der Waals surface area contributed by atoms with E-state index < -0.39 is 5.54 Å². The third kappa shape index (κ3) is 3.49. The second kappa shape index (κ2) is 7.04. The fourth-order valence-electron chi connectivity index (χ4n) is 3.51. The van der Waals surface area contributed by atoms with Crippen molar-refractivity contribution in [1.29, 1.82) is 0 Å². The molecule has 6 nitrogen and oxygen atoms in total. The minimum atomic E-state index is -0.543. The van der Waals surface area contributed by atoms with Crippen molar-refractivity contribution in [3.05, 3.63) is 34.7 Å². The molecule has 0 aliphatic heterocycles. The number of benzene rings is 1. The molecule has 2 aromatic rings. The molecule has 25 heavy (non-hydrogen) atoms. The number of para-hydroxylation sites is 2. The molecule has 0 spiro atoms. The summed E-state index contributed by atoms with van der Waals surface area (Å²) < 4.78 is 3.45. The zero-order chi connectivity index (χ0) is 18.0. The van der Waals surface area contributed by atoms with E-state index in [1.807, 2.05) is 38.1 Å². The van der Waals surface area contributed by atoms with Crippen LogP contribution in [-0.2, 0) is 17.9 Å². The Bertz CT molecular complexity index is 819. The summed E-state index contributed by atoms with van der Waals surface area (Å²) in [5.74, 6) is 0.235. The molecule has 1 atom stereocenters. The number of aliphatic hydroxyl groups is 1. The molecule has 1 aromatic heterocycles. The lowest BCUT2D eigenvalue weighted by Crippen LogP contribution is -2.51. The third-order valence-corrected chi connectivity index (χ3v) is 5.17. The van der Waals surface area contributed by atoms with Crippen LogP contribution < -0.4 is 11.0 Å². The highest BCUT2D eigenvalue weighted by Crippen LogP contribution is 2.39. The van der Waals surface area contributed by atoms with Crippen molar-refractivity contribution in [2.24, 2.45) is 5.92 Å². The largest absolute Gasteiger partial charge is 0.394 e. The van der Waals surface area contributed by atoms with Crippen molar-refractivity contribution >= 4 is 16.9 Å². The van der Waals surface area contributed by atoms with E-state index in [9.17, 15) is 14.7 Å². The smallest absolute Gasteiger partial charge is 0.329 e. The van der Waals surface area contributed by atoms with Crippen LogP contribution in [0.4, 0.5) is 0 Å². The minimum Gasteiger partial charge on any atom is -0.394 e. The number of hydrogen-bond donors (Lipinski definition) is 2. The average molecular weight is 345 g/mol. The Morgan fingerprint density at radius 2 is 1.84 bits per heavy atom. The van der Waals surface area contributed by atoms with E-state index in [4.69, 9.17) is 0 Å². The normalized spacial score (nSPS) is 16.8. The molecule has 2 N–H and O–H groups in total. The molecule has 1 saturated carbocycles. The standard InChI is InChI=1S/C19H27N3O3/c1-3-11-21-15-6-4-5-7-16(15)22(18(21)25)12-10-17(24)20-19(2,13-23)14-8-9-14/h4-7,14,23H,3,8-13H2,1-2H3,(H,20,24). The molecule has 0 bridgehead atoms. The van der Waals surface area contributed by atoms with Gasteiger partial charge in [-0.25, -0.2) is 4.79 Å². The summed E-state index contributed by atoms with van der Waals surface area (Å²) in [6, 6.07) is 7.69. The van der Waals surface area contributed by atoms with Crippen LogP contribution in [0.15, 0.2) is 29.1 Å². The van der Waals surface area contributed by atoms with Crippen molar-refractivity contribution in [3.8, 4) is 0 Å². The van der Waals surface area contributed by atoms with Gasteiger partial charge < -0.3 is 10.4 Å². The van der Waals surface area contributed by atoms with Crippen LogP contribution in [0, 0.1) is 5.92 Å². The Morgan fingerprint density at radius 3 is 2.36 bits per heavy atom. The molecule has 1 heterocycles. The maximum Gasteiger partial charge on any atom is 0.329 e. The summed E-state index contributed by atoms with van der Waals surface area (Å²) in [5, 5.41) is 12.6. The first-order valence-electron chi connectivity index (χ1n) is 9.10.